The molecule has 0 bridgehead atoms. The third kappa shape index (κ3) is 3.97. The Morgan fingerprint density at radius 2 is 1.71 bits per heavy atom. The van der Waals surface area contributed by atoms with Crippen LogP contribution in [-0.2, 0) is 17.5 Å². The molecule has 0 atom stereocenters. The molecule has 1 saturated carbocycles. The average Bonchev–Trinajstić information content (AvgIpc) is 2.45. The Bertz CT molecular complexity index is 491. The van der Waals surface area contributed by atoms with Gasteiger partial charge in [-0.1, -0.05) is 31.4 Å². The fourth-order valence-corrected chi connectivity index (χ4v) is 2.58. The summed E-state index contributed by atoms with van der Waals surface area (Å²) in [4.78, 5) is 12.1. The van der Waals surface area contributed by atoms with E-state index in [2.05, 4.69) is 5.32 Å². The lowest BCUT2D eigenvalue weighted by molar-refractivity contribution is -0.137. The number of alkyl halides is 3. The summed E-state index contributed by atoms with van der Waals surface area (Å²) in [5, 5.41) is 2.72. The minimum absolute atomic E-state index is 0.190. The highest BCUT2D eigenvalue weighted by Crippen LogP contribution is 2.29. The monoisotopic (exact) mass is 300 g/mol. The summed E-state index contributed by atoms with van der Waals surface area (Å²) in [5.74, 6) is -0.220. The smallest absolute Gasteiger partial charge is 0.350 e. The Morgan fingerprint density at radius 1 is 1.14 bits per heavy atom. The number of amides is 1. The van der Waals surface area contributed by atoms with Gasteiger partial charge in [0.2, 0.25) is 5.91 Å². The zero-order valence-electron chi connectivity index (χ0n) is 11.7. The average molecular weight is 300 g/mol. The highest BCUT2D eigenvalue weighted by atomic mass is 19.4. The third-order valence-electron chi connectivity index (χ3n) is 3.93. The van der Waals surface area contributed by atoms with Crippen LogP contribution in [-0.4, -0.2) is 11.4 Å². The van der Waals surface area contributed by atoms with Gasteiger partial charge in [0.15, 0.2) is 0 Å². The molecule has 6 heteroatoms. The predicted octanol–water partition coefficient (Wildman–Crippen LogP) is 2.98. The topological polar surface area (TPSA) is 55.1 Å². The van der Waals surface area contributed by atoms with Crippen molar-refractivity contribution in [1.82, 2.24) is 5.32 Å². The predicted molar refractivity (Wildman–Crippen MR) is 73.3 cm³/mol. The summed E-state index contributed by atoms with van der Waals surface area (Å²) in [6.07, 6.45) is -0.0670. The van der Waals surface area contributed by atoms with E-state index in [1.54, 1.807) is 0 Å². The molecule has 0 aliphatic heterocycles. The van der Waals surface area contributed by atoms with Crippen LogP contribution in [0.3, 0.4) is 0 Å². The Kier molecular flexibility index (Phi) is 4.56. The molecular weight excluding hydrogens is 281 g/mol. The first kappa shape index (κ1) is 15.8. The van der Waals surface area contributed by atoms with E-state index in [9.17, 15) is 18.0 Å². The summed E-state index contributed by atoms with van der Waals surface area (Å²) in [6, 6.07) is 4.76. The number of rotatable bonds is 3. The van der Waals surface area contributed by atoms with Gasteiger partial charge in [-0.2, -0.15) is 13.2 Å². The van der Waals surface area contributed by atoms with Gasteiger partial charge >= 0.3 is 6.18 Å². The van der Waals surface area contributed by atoms with Crippen LogP contribution in [0.2, 0.25) is 0 Å². The van der Waals surface area contributed by atoms with Crippen molar-refractivity contribution in [2.45, 2.75) is 50.4 Å². The molecule has 0 heterocycles. The first-order chi connectivity index (χ1) is 9.81. The zero-order chi connectivity index (χ0) is 15.5. The van der Waals surface area contributed by atoms with Crippen molar-refractivity contribution in [3.8, 4) is 0 Å². The van der Waals surface area contributed by atoms with Gasteiger partial charge in [-0.3, -0.25) is 4.79 Å². The van der Waals surface area contributed by atoms with Crippen molar-refractivity contribution in [3.05, 3.63) is 35.4 Å². The van der Waals surface area contributed by atoms with Gasteiger partial charge in [0.25, 0.3) is 0 Å². The number of nitrogens with one attached hydrogen (secondary N) is 1. The second kappa shape index (κ2) is 6.05. The molecule has 1 aliphatic rings. The van der Waals surface area contributed by atoms with Crippen LogP contribution in [0.4, 0.5) is 13.2 Å². The Labute approximate surface area is 121 Å². The molecule has 0 spiro atoms. The van der Waals surface area contributed by atoms with Crippen molar-refractivity contribution in [3.63, 3.8) is 0 Å². The van der Waals surface area contributed by atoms with Crippen LogP contribution in [0, 0.1) is 0 Å². The molecule has 2 rings (SSSR count). The summed E-state index contributed by atoms with van der Waals surface area (Å²) in [7, 11) is 0. The fourth-order valence-electron chi connectivity index (χ4n) is 2.58. The van der Waals surface area contributed by atoms with Crippen molar-refractivity contribution in [1.29, 1.82) is 0 Å². The molecule has 1 aliphatic carbocycles. The van der Waals surface area contributed by atoms with Gasteiger partial charge in [-0.25, -0.2) is 0 Å². The number of nitrogens with two attached hydrogens (primary N) is 1. The maximum atomic E-state index is 12.4. The summed E-state index contributed by atoms with van der Waals surface area (Å²) >= 11 is 0. The number of carbonyl (C=O) groups is 1. The molecule has 3 N–H and O–H groups in total. The van der Waals surface area contributed by atoms with Gasteiger partial charge in [-0.05, 0) is 30.5 Å². The van der Waals surface area contributed by atoms with E-state index in [0.717, 1.165) is 31.4 Å². The minimum atomic E-state index is -4.34. The number of hydrogen-bond acceptors (Lipinski definition) is 2. The Hall–Kier alpha value is -1.56. The number of carbonyl (C=O) groups excluding carboxylic acids is 1. The second-order valence-corrected chi connectivity index (χ2v) is 5.59. The SMILES string of the molecule is NC1(C(=O)NCc2ccc(C(F)(F)F)cc2)CCCCC1. The Morgan fingerprint density at radius 3 is 2.24 bits per heavy atom. The van der Waals surface area contributed by atoms with Crippen LogP contribution in [0.5, 0.6) is 0 Å². The van der Waals surface area contributed by atoms with Crippen molar-refractivity contribution < 1.29 is 18.0 Å². The quantitative estimate of drug-likeness (QED) is 0.901. The zero-order valence-corrected chi connectivity index (χ0v) is 11.7. The molecule has 1 fully saturated rings. The maximum Gasteiger partial charge on any atom is 0.416 e. The molecule has 116 valence electrons. The first-order valence-electron chi connectivity index (χ1n) is 7.05. The molecule has 1 amide bonds. The summed E-state index contributed by atoms with van der Waals surface area (Å²) in [6.45, 7) is 0.190. The molecule has 1 aromatic rings. The number of benzene rings is 1. The normalized spacial score (nSPS) is 18.3. The molecule has 1 aromatic carbocycles. The van der Waals surface area contributed by atoms with Gasteiger partial charge in [0, 0.05) is 6.54 Å². The lowest BCUT2D eigenvalue weighted by atomic mass is 9.82. The second-order valence-electron chi connectivity index (χ2n) is 5.59. The largest absolute Gasteiger partial charge is 0.416 e. The third-order valence-corrected chi connectivity index (χ3v) is 3.93. The van der Waals surface area contributed by atoms with E-state index < -0.39 is 17.3 Å². The molecule has 21 heavy (non-hydrogen) atoms. The maximum absolute atomic E-state index is 12.4. The van der Waals surface area contributed by atoms with E-state index in [4.69, 9.17) is 5.73 Å². The molecule has 0 radical (unpaired) electrons. The van der Waals surface area contributed by atoms with Crippen LogP contribution >= 0.6 is 0 Å². The highest BCUT2D eigenvalue weighted by Gasteiger charge is 2.35. The van der Waals surface area contributed by atoms with Crippen molar-refractivity contribution >= 4 is 5.91 Å². The molecule has 0 unspecified atom stereocenters. The highest BCUT2D eigenvalue weighted by molar-refractivity contribution is 5.86. The molecule has 0 aromatic heterocycles. The summed E-state index contributed by atoms with van der Waals surface area (Å²) < 4.78 is 37.3. The lowest BCUT2D eigenvalue weighted by Crippen LogP contribution is -2.54. The van der Waals surface area contributed by atoms with E-state index >= 15 is 0 Å². The molecule has 0 saturated heterocycles. The van der Waals surface area contributed by atoms with E-state index in [-0.39, 0.29) is 12.5 Å². The fraction of sp³-hybridized carbons (Fsp3) is 0.533. The van der Waals surface area contributed by atoms with Crippen molar-refractivity contribution in [2.24, 2.45) is 5.73 Å². The molecule has 3 nitrogen and oxygen atoms in total. The molecular formula is C15H19F3N2O. The van der Waals surface area contributed by atoms with Gasteiger partial charge < -0.3 is 11.1 Å². The van der Waals surface area contributed by atoms with Crippen LogP contribution in [0.15, 0.2) is 24.3 Å². The van der Waals surface area contributed by atoms with Gasteiger partial charge in [0.05, 0.1) is 11.1 Å². The van der Waals surface area contributed by atoms with Crippen molar-refractivity contribution in [2.75, 3.05) is 0 Å². The lowest BCUT2D eigenvalue weighted by Gasteiger charge is -2.31. The van der Waals surface area contributed by atoms with Gasteiger partial charge in [-0.15, -0.1) is 0 Å². The van der Waals surface area contributed by atoms with E-state index in [1.807, 2.05) is 0 Å². The first-order valence-corrected chi connectivity index (χ1v) is 7.05. The summed E-state index contributed by atoms with van der Waals surface area (Å²) in [5.41, 5.74) is 5.18. The van der Waals surface area contributed by atoms with E-state index in [0.29, 0.717) is 18.4 Å². The van der Waals surface area contributed by atoms with Crippen LogP contribution in [0.25, 0.3) is 0 Å². The van der Waals surface area contributed by atoms with Crippen LogP contribution < -0.4 is 11.1 Å². The Balaban J connectivity index is 1.92. The minimum Gasteiger partial charge on any atom is -0.350 e. The number of hydrogen-bond donors (Lipinski definition) is 2. The number of halogens is 3. The van der Waals surface area contributed by atoms with Gasteiger partial charge in [0.1, 0.15) is 0 Å². The van der Waals surface area contributed by atoms with Crippen LogP contribution in [0.1, 0.15) is 43.2 Å². The standard InChI is InChI=1S/C15H19F3N2O/c16-15(17,18)12-6-4-11(5-7-12)10-20-13(21)14(19)8-2-1-3-9-14/h4-7H,1-3,8-10,19H2,(H,20,21). The van der Waals surface area contributed by atoms with E-state index in [1.165, 1.54) is 12.1 Å².